The summed E-state index contributed by atoms with van der Waals surface area (Å²) in [7, 11) is 0. The fourth-order valence-electron chi connectivity index (χ4n) is 3.50. The van der Waals surface area contributed by atoms with Gasteiger partial charge in [0.2, 0.25) is 0 Å². The molecule has 0 saturated heterocycles. The van der Waals surface area contributed by atoms with E-state index in [2.05, 4.69) is 38.1 Å². The van der Waals surface area contributed by atoms with Crippen LogP contribution < -0.4 is 4.74 Å². The number of carbonyl (C=O) groups excluding carboxylic acids is 1. The number of rotatable bonds is 5. The number of ether oxygens (including phenoxy) is 1. The van der Waals surface area contributed by atoms with E-state index in [0.717, 1.165) is 12.2 Å². The number of furan rings is 1. The Hall–Kier alpha value is -3.01. The fourth-order valence-corrected chi connectivity index (χ4v) is 3.50. The summed E-state index contributed by atoms with van der Waals surface area (Å²) < 4.78 is 11.5. The van der Waals surface area contributed by atoms with E-state index in [1.807, 2.05) is 35.2 Å². The minimum Gasteiger partial charge on any atom is -0.486 e. The quantitative estimate of drug-likeness (QED) is 0.617. The first kappa shape index (κ1) is 18.4. The second-order valence-corrected chi connectivity index (χ2v) is 7.52. The molecule has 0 radical (unpaired) electrons. The van der Waals surface area contributed by atoms with E-state index >= 15 is 0 Å². The summed E-state index contributed by atoms with van der Waals surface area (Å²) in [5.74, 6) is 2.24. The van der Waals surface area contributed by atoms with E-state index < -0.39 is 0 Å². The molecule has 2 aromatic carbocycles. The number of fused-ring (bicyclic) bond motifs is 1. The van der Waals surface area contributed by atoms with Gasteiger partial charge in [0.1, 0.15) is 18.1 Å². The van der Waals surface area contributed by atoms with Crippen LogP contribution in [0.25, 0.3) is 0 Å². The maximum Gasteiger partial charge on any atom is 0.289 e. The molecular weight excluding hydrogens is 350 g/mol. The van der Waals surface area contributed by atoms with Gasteiger partial charge in [-0.1, -0.05) is 50.2 Å². The Bertz CT molecular complexity index is 956. The Morgan fingerprint density at radius 2 is 1.79 bits per heavy atom. The summed E-state index contributed by atoms with van der Waals surface area (Å²) >= 11 is 0. The first-order valence-electron chi connectivity index (χ1n) is 9.77. The van der Waals surface area contributed by atoms with Crippen LogP contribution in [0.2, 0.25) is 0 Å². The molecule has 0 N–H and O–H groups in total. The maximum atomic E-state index is 12.8. The van der Waals surface area contributed by atoms with Crippen molar-refractivity contribution in [3.8, 4) is 5.75 Å². The van der Waals surface area contributed by atoms with Crippen molar-refractivity contribution >= 4 is 5.91 Å². The highest BCUT2D eigenvalue weighted by Crippen LogP contribution is 2.22. The van der Waals surface area contributed by atoms with E-state index in [1.54, 1.807) is 6.07 Å². The van der Waals surface area contributed by atoms with Crippen molar-refractivity contribution in [2.24, 2.45) is 0 Å². The van der Waals surface area contributed by atoms with Crippen molar-refractivity contribution in [3.05, 3.63) is 88.9 Å². The molecular formula is C24H25NO3. The topological polar surface area (TPSA) is 42.7 Å². The van der Waals surface area contributed by atoms with Gasteiger partial charge in [0.25, 0.3) is 5.91 Å². The summed E-state index contributed by atoms with van der Waals surface area (Å²) in [6.07, 6.45) is 0.880. The molecule has 3 aromatic rings. The monoisotopic (exact) mass is 375 g/mol. The van der Waals surface area contributed by atoms with Crippen LogP contribution in [0.1, 0.15) is 52.8 Å². The van der Waals surface area contributed by atoms with Crippen LogP contribution in [0.5, 0.6) is 5.75 Å². The summed E-state index contributed by atoms with van der Waals surface area (Å²) in [5.41, 5.74) is 3.81. The molecule has 0 fully saturated rings. The molecule has 2 heterocycles. The third-order valence-corrected chi connectivity index (χ3v) is 5.22. The molecule has 0 unspecified atom stereocenters. The summed E-state index contributed by atoms with van der Waals surface area (Å²) in [5, 5.41) is 0. The lowest BCUT2D eigenvalue weighted by molar-refractivity contribution is 0.0698. The van der Waals surface area contributed by atoms with E-state index in [1.165, 1.54) is 16.7 Å². The highest BCUT2D eigenvalue weighted by atomic mass is 16.5. The van der Waals surface area contributed by atoms with Crippen molar-refractivity contribution < 1.29 is 13.9 Å². The van der Waals surface area contributed by atoms with Crippen LogP contribution >= 0.6 is 0 Å². The molecule has 0 bridgehead atoms. The Morgan fingerprint density at radius 1 is 1.04 bits per heavy atom. The molecule has 1 amide bonds. The maximum absolute atomic E-state index is 12.8. The first-order chi connectivity index (χ1) is 13.6. The van der Waals surface area contributed by atoms with Gasteiger partial charge in [-0.15, -0.1) is 0 Å². The smallest absolute Gasteiger partial charge is 0.289 e. The van der Waals surface area contributed by atoms with E-state index in [-0.39, 0.29) is 5.91 Å². The normalized spacial score (nSPS) is 13.5. The third-order valence-electron chi connectivity index (χ3n) is 5.22. The molecule has 0 saturated carbocycles. The molecule has 0 aliphatic carbocycles. The van der Waals surface area contributed by atoms with Gasteiger partial charge in [-0.2, -0.15) is 0 Å². The molecule has 1 aromatic heterocycles. The van der Waals surface area contributed by atoms with Crippen LogP contribution in [-0.2, 0) is 19.6 Å². The van der Waals surface area contributed by atoms with Crippen LogP contribution in [0, 0.1) is 0 Å². The number of hydrogen-bond donors (Lipinski definition) is 0. The van der Waals surface area contributed by atoms with Gasteiger partial charge >= 0.3 is 0 Å². The highest BCUT2D eigenvalue weighted by Gasteiger charge is 2.23. The van der Waals surface area contributed by atoms with Crippen LogP contribution in [-0.4, -0.2) is 17.4 Å². The fraction of sp³-hybridized carbons (Fsp3) is 0.292. The minimum atomic E-state index is -0.0676. The third kappa shape index (κ3) is 3.96. The van der Waals surface area contributed by atoms with Crippen molar-refractivity contribution in [2.75, 3.05) is 6.54 Å². The first-order valence-corrected chi connectivity index (χ1v) is 9.77. The van der Waals surface area contributed by atoms with Crippen LogP contribution in [0.15, 0.2) is 65.1 Å². The molecule has 28 heavy (non-hydrogen) atoms. The number of amides is 1. The average Bonchev–Trinajstić information content (AvgIpc) is 3.20. The average molecular weight is 375 g/mol. The molecule has 4 rings (SSSR count). The summed E-state index contributed by atoms with van der Waals surface area (Å²) in [6, 6.07) is 19.9. The second-order valence-electron chi connectivity index (χ2n) is 7.52. The van der Waals surface area contributed by atoms with Gasteiger partial charge in [0, 0.05) is 13.1 Å². The molecule has 0 atom stereocenters. The lowest BCUT2D eigenvalue weighted by Gasteiger charge is -2.28. The molecule has 0 spiro atoms. The largest absolute Gasteiger partial charge is 0.486 e. The Labute approximate surface area is 165 Å². The Balaban J connectivity index is 1.37. The molecule has 1 aliphatic rings. The van der Waals surface area contributed by atoms with Gasteiger partial charge in [0.05, 0.1) is 0 Å². The molecule has 4 nitrogen and oxygen atoms in total. The SMILES string of the molecule is CC(C)c1ccc(OCc2ccc(C(=O)N3CCc4ccccc4C3)o2)cc1. The summed E-state index contributed by atoms with van der Waals surface area (Å²) in [4.78, 5) is 14.6. The van der Waals surface area contributed by atoms with Crippen molar-refractivity contribution in [3.63, 3.8) is 0 Å². The standard InChI is InChI=1S/C24H25NO3/c1-17(2)18-7-9-21(10-8-18)27-16-22-11-12-23(28-22)24(26)25-14-13-19-5-3-4-6-20(19)15-25/h3-12,17H,13-16H2,1-2H3. The van der Waals surface area contributed by atoms with Crippen molar-refractivity contribution in [1.29, 1.82) is 0 Å². The van der Waals surface area contributed by atoms with Gasteiger partial charge in [-0.3, -0.25) is 4.79 Å². The number of benzene rings is 2. The second kappa shape index (κ2) is 7.93. The zero-order chi connectivity index (χ0) is 19.5. The Kier molecular flexibility index (Phi) is 5.20. The molecule has 144 valence electrons. The predicted octanol–water partition coefficient (Wildman–Crippen LogP) is 5.18. The Morgan fingerprint density at radius 3 is 2.54 bits per heavy atom. The van der Waals surface area contributed by atoms with Crippen molar-refractivity contribution in [1.82, 2.24) is 4.90 Å². The summed E-state index contributed by atoms with van der Waals surface area (Å²) in [6.45, 7) is 5.97. The van der Waals surface area contributed by atoms with E-state index in [4.69, 9.17) is 9.15 Å². The zero-order valence-electron chi connectivity index (χ0n) is 16.4. The number of carbonyl (C=O) groups is 1. The van der Waals surface area contributed by atoms with E-state index in [0.29, 0.717) is 37.1 Å². The van der Waals surface area contributed by atoms with Gasteiger partial charge < -0.3 is 14.1 Å². The predicted molar refractivity (Wildman–Crippen MR) is 108 cm³/mol. The lowest BCUT2D eigenvalue weighted by atomic mass is 10.00. The van der Waals surface area contributed by atoms with Gasteiger partial charge in [0.15, 0.2) is 5.76 Å². The highest BCUT2D eigenvalue weighted by molar-refractivity contribution is 5.91. The molecule has 1 aliphatic heterocycles. The van der Waals surface area contributed by atoms with E-state index in [9.17, 15) is 4.79 Å². The van der Waals surface area contributed by atoms with Crippen LogP contribution in [0.4, 0.5) is 0 Å². The van der Waals surface area contributed by atoms with Crippen LogP contribution in [0.3, 0.4) is 0 Å². The number of hydrogen-bond acceptors (Lipinski definition) is 3. The van der Waals surface area contributed by atoms with Crippen molar-refractivity contribution in [2.45, 2.75) is 39.3 Å². The van der Waals surface area contributed by atoms with Gasteiger partial charge in [-0.05, 0) is 53.3 Å². The molecule has 4 heteroatoms. The lowest BCUT2D eigenvalue weighted by Crippen LogP contribution is -2.35. The number of nitrogens with zero attached hydrogens (tertiary/aromatic N) is 1. The van der Waals surface area contributed by atoms with Gasteiger partial charge in [-0.25, -0.2) is 0 Å². The zero-order valence-corrected chi connectivity index (χ0v) is 16.4. The minimum absolute atomic E-state index is 0.0676.